The molecule has 0 aliphatic rings. The third-order valence-corrected chi connectivity index (χ3v) is 3.08. The van der Waals surface area contributed by atoms with Crippen LogP contribution in [0.3, 0.4) is 0 Å². The lowest BCUT2D eigenvalue weighted by Gasteiger charge is -2.24. The van der Waals surface area contributed by atoms with E-state index in [-0.39, 0.29) is 0 Å². The highest BCUT2D eigenvalue weighted by Crippen LogP contribution is 2.20. The molecule has 0 saturated heterocycles. The predicted octanol–water partition coefficient (Wildman–Crippen LogP) is 3.33. The van der Waals surface area contributed by atoms with Gasteiger partial charge in [-0.15, -0.1) is 0 Å². The molecule has 0 amide bonds. The van der Waals surface area contributed by atoms with E-state index in [0.29, 0.717) is 5.92 Å². The summed E-state index contributed by atoms with van der Waals surface area (Å²) in [7, 11) is 0. The molecule has 0 saturated carbocycles. The van der Waals surface area contributed by atoms with Crippen molar-refractivity contribution in [1.29, 1.82) is 0 Å². The van der Waals surface area contributed by atoms with E-state index >= 15 is 0 Å². The van der Waals surface area contributed by atoms with E-state index in [4.69, 9.17) is 11.6 Å². The number of rotatable bonds is 7. The van der Waals surface area contributed by atoms with Crippen LogP contribution in [0.1, 0.15) is 33.4 Å². The van der Waals surface area contributed by atoms with Gasteiger partial charge in [0.1, 0.15) is 5.82 Å². The second kappa shape index (κ2) is 7.59. The summed E-state index contributed by atoms with van der Waals surface area (Å²) in [6.07, 6.45) is 0. The highest BCUT2D eigenvalue weighted by atomic mass is 35.5. The molecule has 0 fully saturated rings. The molecular formula is C14H24ClN3. The van der Waals surface area contributed by atoms with Crippen LogP contribution >= 0.6 is 11.6 Å². The van der Waals surface area contributed by atoms with Gasteiger partial charge in [0.2, 0.25) is 0 Å². The summed E-state index contributed by atoms with van der Waals surface area (Å²) in [6, 6.07) is 3.95. The lowest BCUT2D eigenvalue weighted by atomic mass is 10.2. The van der Waals surface area contributed by atoms with Crippen LogP contribution in [0, 0.1) is 5.92 Å². The maximum Gasteiger partial charge on any atom is 0.128 e. The van der Waals surface area contributed by atoms with Crippen LogP contribution in [0.5, 0.6) is 0 Å². The van der Waals surface area contributed by atoms with Gasteiger partial charge in [0.15, 0.2) is 0 Å². The Morgan fingerprint density at radius 2 is 2.06 bits per heavy atom. The van der Waals surface area contributed by atoms with Gasteiger partial charge in [0, 0.05) is 19.6 Å². The van der Waals surface area contributed by atoms with E-state index in [9.17, 15) is 0 Å². The van der Waals surface area contributed by atoms with Gasteiger partial charge in [0.05, 0.1) is 10.7 Å². The minimum absolute atomic E-state index is 0.625. The van der Waals surface area contributed by atoms with E-state index in [0.717, 1.165) is 42.7 Å². The summed E-state index contributed by atoms with van der Waals surface area (Å²) < 4.78 is 0. The number of pyridine rings is 1. The fraction of sp³-hybridized carbons (Fsp3) is 0.643. The first-order valence-corrected chi connectivity index (χ1v) is 7.07. The van der Waals surface area contributed by atoms with Crippen molar-refractivity contribution in [1.82, 2.24) is 10.3 Å². The second-order valence-corrected chi connectivity index (χ2v) is 5.22. The van der Waals surface area contributed by atoms with Gasteiger partial charge in [-0.2, -0.15) is 0 Å². The van der Waals surface area contributed by atoms with E-state index in [1.807, 2.05) is 12.1 Å². The Morgan fingerprint density at radius 3 is 2.61 bits per heavy atom. The number of aromatic nitrogens is 1. The van der Waals surface area contributed by atoms with Crippen LogP contribution in [0.25, 0.3) is 0 Å². The normalized spacial score (nSPS) is 11.0. The maximum absolute atomic E-state index is 6.16. The Bertz CT molecular complexity index is 366. The average Bonchev–Trinajstić information content (AvgIpc) is 2.35. The molecule has 18 heavy (non-hydrogen) atoms. The van der Waals surface area contributed by atoms with Crippen molar-refractivity contribution in [2.24, 2.45) is 5.92 Å². The van der Waals surface area contributed by atoms with Crippen molar-refractivity contribution in [3.05, 3.63) is 22.8 Å². The maximum atomic E-state index is 6.16. The zero-order valence-electron chi connectivity index (χ0n) is 11.8. The molecular weight excluding hydrogens is 246 g/mol. The second-order valence-electron chi connectivity index (χ2n) is 4.81. The highest BCUT2D eigenvalue weighted by molar-refractivity contribution is 6.31. The Kier molecular flexibility index (Phi) is 6.44. The van der Waals surface area contributed by atoms with Gasteiger partial charge in [-0.1, -0.05) is 32.4 Å². The molecule has 3 nitrogen and oxygen atoms in total. The topological polar surface area (TPSA) is 28.2 Å². The Labute approximate surface area is 116 Å². The molecule has 102 valence electrons. The molecule has 0 aliphatic heterocycles. The van der Waals surface area contributed by atoms with Gasteiger partial charge in [-0.05, 0) is 31.5 Å². The van der Waals surface area contributed by atoms with Crippen LogP contribution < -0.4 is 10.2 Å². The Morgan fingerprint density at radius 1 is 1.33 bits per heavy atom. The number of nitrogens with zero attached hydrogens (tertiary/aromatic N) is 2. The monoisotopic (exact) mass is 269 g/mol. The van der Waals surface area contributed by atoms with Gasteiger partial charge in [-0.25, -0.2) is 4.98 Å². The Hall–Kier alpha value is -0.800. The van der Waals surface area contributed by atoms with E-state index in [1.54, 1.807) is 0 Å². The number of halogens is 1. The molecule has 0 aromatic carbocycles. The van der Waals surface area contributed by atoms with Crippen molar-refractivity contribution < 1.29 is 0 Å². The lowest BCUT2D eigenvalue weighted by molar-refractivity contribution is 0.612. The summed E-state index contributed by atoms with van der Waals surface area (Å²) >= 11 is 6.16. The fourth-order valence-corrected chi connectivity index (χ4v) is 2.01. The number of hydrogen-bond donors (Lipinski definition) is 1. The molecule has 1 aromatic heterocycles. The van der Waals surface area contributed by atoms with Gasteiger partial charge >= 0.3 is 0 Å². The molecule has 1 N–H and O–H groups in total. The average molecular weight is 270 g/mol. The quantitative estimate of drug-likeness (QED) is 0.823. The summed E-state index contributed by atoms with van der Waals surface area (Å²) in [5, 5.41) is 4.00. The number of nitrogens with one attached hydrogen (secondary N) is 1. The van der Waals surface area contributed by atoms with Crippen LogP contribution in [-0.2, 0) is 6.54 Å². The van der Waals surface area contributed by atoms with Crippen molar-refractivity contribution in [3.63, 3.8) is 0 Å². The standard InChI is InChI=1S/C14H24ClN3/c1-5-16-9-13-12(15)7-8-14(17-13)18(6-2)10-11(3)4/h7-8,11,16H,5-6,9-10H2,1-4H3. The largest absolute Gasteiger partial charge is 0.357 e. The third kappa shape index (κ3) is 4.46. The first-order valence-electron chi connectivity index (χ1n) is 6.69. The minimum atomic E-state index is 0.625. The van der Waals surface area contributed by atoms with Crippen molar-refractivity contribution in [2.45, 2.75) is 34.2 Å². The molecule has 1 heterocycles. The van der Waals surface area contributed by atoms with Crippen molar-refractivity contribution in [2.75, 3.05) is 24.5 Å². The Balaban J connectivity index is 2.87. The molecule has 1 rings (SSSR count). The zero-order valence-corrected chi connectivity index (χ0v) is 12.6. The smallest absolute Gasteiger partial charge is 0.128 e. The zero-order chi connectivity index (χ0) is 13.5. The lowest BCUT2D eigenvalue weighted by Crippen LogP contribution is -2.28. The fourth-order valence-electron chi connectivity index (χ4n) is 1.84. The van der Waals surface area contributed by atoms with Crippen molar-refractivity contribution in [3.8, 4) is 0 Å². The SMILES string of the molecule is CCNCc1nc(N(CC)CC(C)C)ccc1Cl. The van der Waals surface area contributed by atoms with E-state index < -0.39 is 0 Å². The molecule has 0 spiro atoms. The third-order valence-electron chi connectivity index (χ3n) is 2.74. The van der Waals surface area contributed by atoms with Crippen LogP contribution in [-0.4, -0.2) is 24.6 Å². The van der Waals surface area contributed by atoms with E-state index in [1.165, 1.54) is 0 Å². The molecule has 4 heteroatoms. The summed E-state index contributed by atoms with van der Waals surface area (Å²) in [6.45, 7) is 12.3. The molecule has 0 aliphatic carbocycles. The predicted molar refractivity (Wildman–Crippen MR) is 79.4 cm³/mol. The molecule has 0 unspecified atom stereocenters. The minimum Gasteiger partial charge on any atom is -0.357 e. The molecule has 0 bridgehead atoms. The van der Waals surface area contributed by atoms with Crippen molar-refractivity contribution >= 4 is 17.4 Å². The number of hydrogen-bond acceptors (Lipinski definition) is 3. The van der Waals surface area contributed by atoms with Gasteiger partial charge < -0.3 is 10.2 Å². The van der Waals surface area contributed by atoms with Crippen LogP contribution in [0.4, 0.5) is 5.82 Å². The van der Waals surface area contributed by atoms with Gasteiger partial charge in [0.25, 0.3) is 0 Å². The number of anilines is 1. The van der Waals surface area contributed by atoms with Crippen LogP contribution in [0.2, 0.25) is 5.02 Å². The molecule has 0 radical (unpaired) electrons. The highest BCUT2D eigenvalue weighted by Gasteiger charge is 2.10. The summed E-state index contributed by atoms with van der Waals surface area (Å²) in [4.78, 5) is 6.95. The van der Waals surface area contributed by atoms with Crippen LogP contribution in [0.15, 0.2) is 12.1 Å². The van der Waals surface area contributed by atoms with E-state index in [2.05, 4.69) is 42.9 Å². The first-order chi connectivity index (χ1) is 8.58. The first kappa shape index (κ1) is 15.3. The molecule has 0 atom stereocenters. The summed E-state index contributed by atoms with van der Waals surface area (Å²) in [5.41, 5.74) is 0.929. The molecule has 1 aromatic rings. The summed E-state index contributed by atoms with van der Waals surface area (Å²) in [5.74, 6) is 1.64. The van der Waals surface area contributed by atoms with Gasteiger partial charge in [-0.3, -0.25) is 0 Å².